The van der Waals surface area contributed by atoms with Crippen LogP contribution in [0.5, 0.6) is 0 Å². The van der Waals surface area contributed by atoms with Crippen molar-refractivity contribution in [3.63, 3.8) is 0 Å². The maximum absolute atomic E-state index is 11.7. The van der Waals surface area contributed by atoms with Gasteiger partial charge in [0.25, 0.3) is 0 Å². The highest BCUT2D eigenvalue weighted by Gasteiger charge is 2.23. The average Bonchev–Trinajstić information content (AvgIpc) is 2.29. The van der Waals surface area contributed by atoms with Crippen LogP contribution in [0.25, 0.3) is 0 Å². The summed E-state index contributed by atoms with van der Waals surface area (Å²) in [6.07, 6.45) is 4.96. The number of rotatable bonds is 5. The standard InChI is InChI=1S/C12H22N2O2/c1-3-10(2)13-12(16)8-14-7-5-4-6-11(14)9-15/h9-11H,3-8H2,1-2H3,(H,13,16). The summed E-state index contributed by atoms with van der Waals surface area (Å²) in [5, 5.41) is 2.92. The van der Waals surface area contributed by atoms with Crippen LogP contribution >= 0.6 is 0 Å². The quantitative estimate of drug-likeness (QED) is 0.710. The molecule has 0 aromatic heterocycles. The number of likely N-dealkylation sites (tertiary alicyclic amines) is 1. The Morgan fingerprint density at radius 1 is 1.56 bits per heavy atom. The largest absolute Gasteiger partial charge is 0.353 e. The Kier molecular flexibility index (Phi) is 5.46. The molecule has 1 heterocycles. The summed E-state index contributed by atoms with van der Waals surface area (Å²) in [5.74, 6) is 0.0306. The van der Waals surface area contributed by atoms with Crippen molar-refractivity contribution in [2.75, 3.05) is 13.1 Å². The summed E-state index contributed by atoms with van der Waals surface area (Å²) in [7, 11) is 0. The average molecular weight is 226 g/mol. The SMILES string of the molecule is CCC(C)NC(=O)CN1CCCCC1C=O. The first-order valence-corrected chi connectivity index (χ1v) is 6.16. The first-order chi connectivity index (χ1) is 7.67. The molecule has 92 valence electrons. The molecule has 0 aromatic carbocycles. The molecule has 0 bridgehead atoms. The minimum atomic E-state index is -0.0589. The van der Waals surface area contributed by atoms with Crippen molar-refractivity contribution in [2.24, 2.45) is 0 Å². The first-order valence-electron chi connectivity index (χ1n) is 6.16. The van der Waals surface area contributed by atoms with Gasteiger partial charge >= 0.3 is 0 Å². The lowest BCUT2D eigenvalue weighted by molar-refractivity contribution is -0.124. The maximum Gasteiger partial charge on any atom is 0.234 e. The fraction of sp³-hybridized carbons (Fsp3) is 0.833. The molecule has 1 fully saturated rings. The van der Waals surface area contributed by atoms with Crippen molar-refractivity contribution in [3.05, 3.63) is 0 Å². The Hall–Kier alpha value is -0.900. The van der Waals surface area contributed by atoms with E-state index in [1.165, 1.54) is 0 Å². The summed E-state index contributed by atoms with van der Waals surface area (Å²) in [6.45, 7) is 5.25. The number of carbonyl (C=O) groups excluding carboxylic acids is 2. The van der Waals surface area contributed by atoms with Gasteiger partial charge in [-0.3, -0.25) is 9.69 Å². The predicted molar refractivity (Wildman–Crippen MR) is 63.2 cm³/mol. The molecule has 0 radical (unpaired) electrons. The smallest absolute Gasteiger partial charge is 0.234 e. The van der Waals surface area contributed by atoms with E-state index in [0.29, 0.717) is 6.54 Å². The first kappa shape index (κ1) is 13.2. The highest BCUT2D eigenvalue weighted by atomic mass is 16.2. The second-order valence-corrected chi connectivity index (χ2v) is 4.55. The summed E-state index contributed by atoms with van der Waals surface area (Å²) < 4.78 is 0. The molecule has 0 aliphatic carbocycles. The van der Waals surface area contributed by atoms with Crippen molar-refractivity contribution in [1.82, 2.24) is 10.2 Å². The number of aldehydes is 1. The van der Waals surface area contributed by atoms with Gasteiger partial charge in [-0.25, -0.2) is 0 Å². The molecular formula is C12H22N2O2. The van der Waals surface area contributed by atoms with Crippen LogP contribution in [0.1, 0.15) is 39.5 Å². The zero-order valence-corrected chi connectivity index (χ0v) is 10.2. The number of nitrogens with one attached hydrogen (secondary N) is 1. The van der Waals surface area contributed by atoms with Crippen LogP contribution in [0, 0.1) is 0 Å². The van der Waals surface area contributed by atoms with E-state index in [1.807, 2.05) is 18.7 Å². The molecule has 2 unspecified atom stereocenters. The van der Waals surface area contributed by atoms with E-state index in [-0.39, 0.29) is 18.0 Å². The normalized spacial score (nSPS) is 23.8. The molecule has 0 saturated carbocycles. The molecule has 0 spiro atoms. The van der Waals surface area contributed by atoms with Crippen molar-refractivity contribution in [1.29, 1.82) is 0 Å². The van der Waals surface area contributed by atoms with Crippen LogP contribution < -0.4 is 5.32 Å². The van der Waals surface area contributed by atoms with Gasteiger partial charge in [-0.15, -0.1) is 0 Å². The highest BCUT2D eigenvalue weighted by molar-refractivity contribution is 5.78. The molecule has 0 aromatic rings. The highest BCUT2D eigenvalue weighted by Crippen LogP contribution is 2.14. The van der Waals surface area contributed by atoms with E-state index in [9.17, 15) is 9.59 Å². The van der Waals surface area contributed by atoms with E-state index in [2.05, 4.69) is 5.32 Å². The van der Waals surface area contributed by atoms with E-state index >= 15 is 0 Å². The number of hydrogen-bond donors (Lipinski definition) is 1. The number of hydrogen-bond acceptors (Lipinski definition) is 3. The van der Waals surface area contributed by atoms with Crippen LogP contribution in [0.3, 0.4) is 0 Å². The molecule has 1 amide bonds. The Balaban J connectivity index is 2.39. The van der Waals surface area contributed by atoms with E-state index in [0.717, 1.165) is 38.5 Å². The molecule has 1 rings (SSSR count). The van der Waals surface area contributed by atoms with Crippen LogP contribution in [0.4, 0.5) is 0 Å². The number of amides is 1. The number of carbonyl (C=O) groups is 2. The van der Waals surface area contributed by atoms with E-state index in [1.54, 1.807) is 0 Å². The minimum Gasteiger partial charge on any atom is -0.353 e. The topological polar surface area (TPSA) is 49.4 Å². The van der Waals surface area contributed by atoms with Crippen molar-refractivity contribution >= 4 is 12.2 Å². The fourth-order valence-corrected chi connectivity index (χ4v) is 1.97. The van der Waals surface area contributed by atoms with Gasteiger partial charge in [0.2, 0.25) is 5.91 Å². The van der Waals surface area contributed by atoms with E-state index in [4.69, 9.17) is 0 Å². The molecule has 16 heavy (non-hydrogen) atoms. The van der Waals surface area contributed by atoms with Gasteiger partial charge in [-0.05, 0) is 32.7 Å². The van der Waals surface area contributed by atoms with Crippen LogP contribution in [0.15, 0.2) is 0 Å². The van der Waals surface area contributed by atoms with Gasteiger partial charge in [-0.1, -0.05) is 13.3 Å². The summed E-state index contributed by atoms with van der Waals surface area (Å²) in [4.78, 5) is 24.5. The molecule has 1 aliphatic rings. The van der Waals surface area contributed by atoms with Crippen LogP contribution in [-0.4, -0.2) is 42.3 Å². The van der Waals surface area contributed by atoms with E-state index < -0.39 is 0 Å². The Bertz CT molecular complexity index is 243. The lowest BCUT2D eigenvalue weighted by Crippen LogP contribution is -2.47. The summed E-state index contributed by atoms with van der Waals surface area (Å²) >= 11 is 0. The maximum atomic E-state index is 11.7. The Morgan fingerprint density at radius 3 is 2.94 bits per heavy atom. The molecular weight excluding hydrogens is 204 g/mol. The predicted octanol–water partition coefficient (Wildman–Crippen LogP) is 0.954. The summed E-state index contributed by atoms with van der Waals surface area (Å²) in [5.41, 5.74) is 0. The van der Waals surface area contributed by atoms with Gasteiger partial charge in [0.15, 0.2) is 0 Å². The second-order valence-electron chi connectivity index (χ2n) is 4.55. The zero-order valence-electron chi connectivity index (χ0n) is 10.2. The fourth-order valence-electron chi connectivity index (χ4n) is 1.97. The third-order valence-corrected chi connectivity index (χ3v) is 3.19. The summed E-state index contributed by atoms with van der Waals surface area (Å²) in [6, 6.07) is 0.156. The zero-order chi connectivity index (χ0) is 12.0. The van der Waals surface area contributed by atoms with Crippen molar-refractivity contribution in [2.45, 2.75) is 51.6 Å². The molecule has 4 heteroatoms. The minimum absolute atomic E-state index is 0.0306. The molecule has 1 N–H and O–H groups in total. The third-order valence-electron chi connectivity index (χ3n) is 3.19. The molecule has 4 nitrogen and oxygen atoms in total. The van der Waals surface area contributed by atoms with Crippen LogP contribution in [0.2, 0.25) is 0 Å². The third kappa shape index (κ3) is 3.93. The van der Waals surface area contributed by atoms with Crippen molar-refractivity contribution < 1.29 is 9.59 Å². The lowest BCUT2D eigenvalue weighted by Gasteiger charge is -2.31. The second kappa shape index (κ2) is 6.63. The Labute approximate surface area is 97.4 Å². The monoisotopic (exact) mass is 226 g/mol. The van der Waals surface area contributed by atoms with Gasteiger partial charge in [0, 0.05) is 6.04 Å². The molecule has 1 aliphatic heterocycles. The molecule has 2 atom stereocenters. The number of nitrogens with zero attached hydrogens (tertiary/aromatic N) is 1. The van der Waals surface area contributed by atoms with Gasteiger partial charge in [-0.2, -0.15) is 0 Å². The van der Waals surface area contributed by atoms with Gasteiger partial charge in [0.05, 0.1) is 12.6 Å². The Morgan fingerprint density at radius 2 is 2.31 bits per heavy atom. The molecule has 1 saturated heterocycles. The number of piperidine rings is 1. The van der Waals surface area contributed by atoms with Gasteiger partial charge in [0.1, 0.15) is 6.29 Å². The lowest BCUT2D eigenvalue weighted by atomic mass is 10.0. The van der Waals surface area contributed by atoms with Crippen LogP contribution in [-0.2, 0) is 9.59 Å². The van der Waals surface area contributed by atoms with Gasteiger partial charge < -0.3 is 10.1 Å². The van der Waals surface area contributed by atoms with Crippen molar-refractivity contribution in [3.8, 4) is 0 Å².